The van der Waals surface area contributed by atoms with Crippen molar-refractivity contribution in [2.75, 3.05) is 6.61 Å². The van der Waals surface area contributed by atoms with E-state index in [2.05, 4.69) is 6.92 Å². The summed E-state index contributed by atoms with van der Waals surface area (Å²) in [5, 5.41) is 18.4. The summed E-state index contributed by atoms with van der Waals surface area (Å²) in [6.07, 6.45) is 15.3. The normalized spacial score (nSPS) is 12.8. The number of unbranched alkanes of at least 4 members (excludes halogenated alkanes) is 9. The van der Waals surface area contributed by atoms with Gasteiger partial charge in [0.25, 0.3) is 0 Å². The van der Waals surface area contributed by atoms with E-state index in [1.54, 1.807) is 0 Å². The summed E-state index contributed by atoms with van der Waals surface area (Å²) in [5.41, 5.74) is 0. The lowest BCUT2D eigenvalue weighted by Gasteiger charge is -2.10. The Morgan fingerprint density at radius 2 is 1.11 bits per heavy atom. The van der Waals surface area contributed by atoms with Gasteiger partial charge in [-0.25, -0.2) is 0 Å². The SMILES string of the molecule is CCCCCCCCCC(O)CCCCCCO. The zero-order valence-electron chi connectivity index (χ0n) is 12.4. The van der Waals surface area contributed by atoms with Crippen LogP contribution in [0.2, 0.25) is 0 Å². The molecule has 0 aromatic carbocycles. The third-order valence-corrected chi connectivity index (χ3v) is 3.59. The minimum Gasteiger partial charge on any atom is -0.396 e. The highest BCUT2D eigenvalue weighted by atomic mass is 16.3. The summed E-state index contributed by atoms with van der Waals surface area (Å²) < 4.78 is 0. The van der Waals surface area contributed by atoms with Crippen LogP contribution in [0.4, 0.5) is 0 Å². The largest absolute Gasteiger partial charge is 0.396 e. The van der Waals surface area contributed by atoms with E-state index in [9.17, 15) is 5.11 Å². The van der Waals surface area contributed by atoms with E-state index in [0.29, 0.717) is 6.61 Å². The van der Waals surface area contributed by atoms with Gasteiger partial charge < -0.3 is 10.2 Å². The van der Waals surface area contributed by atoms with Crippen molar-refractivity contribution in [3.8, 4) is 0 Å². The Balaban J connectivity index is 3.09. The smallest absolute Gasteiger partial charge is 0.0540 e. The van der Waals surface area contributed by atoms with E-state index >= 15 is 0 Å². The summed E-state index contributed by atoms with van der Waals surface area (Å²) >= 11 is 0. The van der Waals surface area contributed by atoms with E-state index in [1.165, 1.54) is 44.9 Å². The summed E-state index contributed by atoms with van der Waals surface area (Å²) in [4.78, 5) is 0. The van der Waals surface area contributed by atoms with Gasteiger partial charge in [0.2, 0.25) is 0 Å². The fraction of sp³-hybridized carbons (Fsp3) is 1.00. The van der Waals surface area contributed by atoms with Crippen molar-refractivity contribution in [3.05, 3.63) is 0 Å². The Bertz CT molecular complexity index is 148. The molecule has 0 heterocycles. The van der Waals surface area contributed by atoms with Crippen LogP contribution in [-0.4, -0.2) is 22.9 Å². The second-order valence-electron chi connectivity index (χ2n) is 5.49. The Kier molecular flexibility index (Phi) is 14.9. The molecule has 18 heavy (non-hydrogen) atoms. The van der Waals surface area contributed by atoms with Crippen molar-refractivity contribution < 1.29 is 10.2 Å². The molecule has 1 unspecified atom stereocenters. The van der Waals surface area contributed by atoms with Crippen molar-refractivity contribution in [1.82, 2.24) is 0 Å². The molecule has 0 bridgehead atoms. The second kappa shape index (κ2) is 15.0. The maximum absolute atomic E-state index is 9.80. The zero-order valence-corrected chi connectivity index (χ0v) is 12.4. The van der Waals surface area contributed by atoms with Gasteiger partial charge in [0.1, 0.15) is 0 Å². The molecule has 0 amide bonds. The minimum absolute atomic E-state index is 0.0882. The zero-order chi connectivity index (χ0) is 13.5. The first-order valence-corrected chi connectivity index (χ1v) is 8.10. The fourth-order valence-electron chi connectivity index (χ4n) is 2.33. The van der Waals surface area contributed by atoms with E-state index < -0.39 is 0 Å². The monoisotopic (exact) mass is 258 g/mol. The first-order chi connectivity index (χ1) is 8.81. The van der Waals surface area contributed by atoms with Gasteiger partial charge in [-0.3, -0.25) is 0 Å². The number of aliphatic hydroxyl groups excluding tert-OH is 2. The van der Waals surface area contributed by atoms with Crippen LogP contribution >= 0.6 is 0 Å². The highest BCUT2D eigenvalue weighted by Gasteiger charge is 2.03. The first-order valence-electron chi connectivity index (χ1n) is 8.10. The first kappa shape index (κ1) is 17.9. The van der Waals surface area contributed by atoms with E-state index in [0.717, 1.165) is 38.5 Å². The van der Waals surface area contributed by atoms with Crippen molar-refractivity contribution >= 4 is 0 Å². The molecule has 110 valence electrons. The molecule has 0 fully saturated rings. The molecule has 0 radical (unpaired) electrons. The fourth-order valence-corrected chi connectivity index (χ4v) is 2.33. The van der Waals surface area contributed by atoms with Gasteiger partial charge in [-0.05, 0) is 19.3 Å². The molecular weight excluding hydrogens is 224 g/mol. The quantitative estimate of drug-likeness (QED) is 0.452. The van der Waals surface area contributed by atoms with Gasteiger partial charge in [0.05, 0.1) is 6.10 Å². The van der Waals surface area contributed by atoms with Crippen LogP contribution in [0.3, 0.4) is 0 Å². The Labute approximate surface area is 114 Å². The van der Waals surface area contributed by atoms with Crippen LogP contribution in [-0.2, 0) is 0 Å². The maximum atomic E-state index is 9.80. The van der Waals surface area contributed by atoms with E-state index in [-0.39, 0.29) is 6.10 Å². The van der Waals surface area contributed by atoms with Crippen LogP contribution < -0.4 is 0 Å². The van der Waals surface area contributed by atoms with Crippen LogP contribution in [0.15, 0.2) is 0 Å². The second-order valence-corrected chi connectivity index (χ2v) is 5.49. The topological polar surface area (TPSA) is 40.5 Å². The van der Waals surface area contributed by atoms with Crippen LogP contribution in [0.25, 0.3) is 0 Å². The summed E-state index contributed by atoms with van der Waals surface area (Å²) in [6.45, 7) is 2.55. The van der Waals surface area contributed by atoms with Gasteiger partial charge in [-0.1, -0.05) is 71.1 Å². The van der Waals surface area contributed by atoms with Crippen LogP contribution in [0.1, 0.15) is 90.4 Å². The van der Waals surface area contributed by atoms with Gasteiger partial charge in [0.15, 0.2) is 0 Å². The molecular formula is C16H34O2. The molecule has 0 aromatic heterocycles. The molecule has 2 nitrogen and oxygen atoms in total. The molecule has 0 spiro atoms. The van der Waals surface area contributed by atoms with Crippen molar-refractivity contribution in [3.63, 3.8) is 0 Å². The molecule has 2 heteroatoms. The van der Waals surface area contributed by atoms with Gasteiger partial charge in [-0.2, -0.15) is 0 Å². The lowest BCUT2D eigenvalue weighted by molar-refractivity contribution is 0.147. The molecule has 0 saturated heterocycles. The molecule has 0 aliphatic carbocycles. The number of rotatable bonds is 14. The van der Waals surface area contributed by atoms with Gasteiger partial charge in [0, 0.05) is 6.61 Å². The third-order valence-electron chi connectivity index (χ3n) is 3.59. The summed E-state index contributed by atoms with van der Waals surface area (Å²) in [5.74, 6) is 0. The van der Waals surface area contributed by atoms with Crippen LogP contribution in [0.5, 0.6) is 0 Å². The maximum Gasteiger partial charge on any atom is 0.0540 e. The highest BCUT2D eigenvalue weighted by Crippen LogP contribution is 2.13. The number of hydrogen-bond donors (Lipinski definition) is 2. The molecule has 1 atom stereocenters. The Morgan fingerprint density at radius 3 is 1.61 bits per heavy atom. The van der Waals surface area contributed by atoms with Crippen molar-refractivity contribution in [2.45, 2.75) is 96.5 Å². The lowest BCUT2D eigenvalue weighted by atomic mass is 10.0. The standard InChI is InChI=1S/C16H34O2/c1-2-3-4-5-6-7-10-13-16(18)14-11-8-9-12-15-17/h16-18H,2-15H2,1H3. The van der Waals surface area contributed by atoms with E-state index in [1.807, 2.05) is 0 Å². The average Bonchev–Trinajstić information content (AvgIpc) is 2.37. The number of aliphatic hydroxyl groups is 2. The molecule has 0 aliphatic heterocycles. The molecule has 0 rings (SSSR count). The molecule has 0 saturated carbocycles. The molecule has 0 aromatic rings. The van der Waals surface area contributed by atoms with Crippen molar-refractivity contribution in [1.29, 1.82) is 0 Å². The van der Waals surface area contributed by atoms with Gasteiger partial charge in [-0.15, -0.1) is 0 Å². The Morgan fingerprint density at radius 1 is 0.667 bits per heavy atom. The summed E-state index contributed by atoms with van der Waals surface area (Å²) in [7, 11) is 0. The number of hydrogen-bond acceptors (Lipinski definition) is 2. The third kappa shape index (κ3) is 14.0. The van der Waals surface area contributed by atoms with Crippen LogP contribution in [0, 0.1) is 0 Å². The predicted octanol–water partition coefficient (Wildman–Crippen LogP) is 4.43. The van der Waals surface area contributed by atoms with Gasteiger partial charge >= 0.3 is 0 Å². The molecule has 0 aliphatic rings. The lowest BCUT2D eigenvalue weighted by Crippen LogP contribution is -2.06. The van der Waals surface area contributed by atoms with E-state index in [4.69, 9.17) is 5.11 Å². The average molecular weight is 258 g/mol. The molecule has 2 N–H and O–H groups in total. The minimum atomic E-state index is -0.0882. The summed E-state index contributed by atoms with van der Waals surface area (Å²) in [6, 6.07) is 0. The Hall–Kier alpha value is -0.0800. The predicted molar refractivity (Wildman–Crippen MR) is 78.8 cm³/mol. The van der Waals surface area contributed by atoms with Crippen molar-refractivity contribution in [2.24, 2.45) is 0 Å². The highest BCUT2D eigenvalue weighted by molar-refractivity contribution is 4.57.